The number of aromatic nitrogens is 2. The predicted molar refractivity (Wildman–Crippen MR) is 118 cm³/mol. The van der Waals surface area contributed by atoms with E-state index in [9.17, 15) is 14.0 Å². The highest BCUT2D eigenvalue weighted by atomic mass is 19.1. The number of nitrogens with zero attached hydrogens (tertiary/aromatic N) is 2. The fourth-order valence-electron chi connectivity index (χ4n) is 4.23. The topological polar surface area (TPSA) is 85.2 Å². The molecule has 32 heavy (non-hydrogen) atoms. The number of carbonyl (C=O) groups excluding carboxylic acids is 2. The number of hydrogen-bond donors (Lipinski definition) is 2. The molecule has 5 rings (SSSR count). The minimum Gasteiger partial charge on any atom is -0.479 e. The van der Waals surface area contributed by atoms with Crippen LogP contribution in [0.4, 0.5) is 15.8 Å². The van der Waals surface area contributed by atoms with Crippen LogP contribution in [0, 0.1) is 5.82 Å². The number of benzene rings is 2. The fourth-order valence-corrected chi connectivity index (χ4v) is 4.23. The Hall–Kier alpha value is -3.68. The summed E-state index contributed by atoms with van der Waals surface area (Å²) in [5, 5.41) is 10.3. The normalized spacial score (nSPS) is 17.4. The van der Waals surface area contributed by atoms with E-state index in [4.69, 9.17) is 4.74 Å². The summed E-state index contributed by atoms with van der Waals surface area (Å²) in [7, 11) is 0. The molecule has 2 N–H and O–H groups in total. The summed E-state index contributed by atoms with van der Waals surface area (Å²) in [5.41, 5.74) is 4.09. The van der Waals surface area contributed by atoms with Gasteiger partial charge in [0.1, 0.15) is 11.6 Å². The van der Waals surface area contributed by atoms with Gasteiger partial charge in [-0.1, -0.05) is 6.42 Å². The molecule has 0 bridgehead atoms. The molecule has 1 atom stereocenters. The van der Waals surface area contributed by atoms with Crippen molar-refractivity contribution >= 4 is 23.2 Å². The Kier molecular flexibility index (Phi) is 5.13. The van der Waals surface area contributed by atoms with Crippen LogP contribution in [0.25, 0.3) is 5.69 Å². The molecule has 7 nitrogen and oxygen atoms in total. The molecule has 1 aliphatic carbocycles. The molecule has 1 aliphatic heterocycles. The Bertz CT molecular complexity index is 1200. The van der Waals surface area contributed by atoms with Crippen molar-refractivity contribution in [2.45, 2.75) is 45.1 Å². The van der Waals surface area contributed by atoms with Crippen molar-refractivity contribution in [3.8, 4) is 11.4 Å². The van der Waals surface area contributed by atoms with Gasteiger partial charge in [0.05, 0.1) is 11.4 Å². The molecule has 1 aromatic heterocycles. The highest BCUT2D eigenvalue weighted by Crippen LogP contribution is 2.33. The number of anilines is 2. The lowest BCUT2D eigenvalue weighted by Crippen LogP contribution is -2.34. The zero-order valence-corrected chi connectivity index (χ0v) is 17.7. The molecule has 2 aliphatic rings. The maximum atomic E-state index is 13.4. The summed E-state index contributed by atoms with van der Waals surface area (Å²) in [6, 6.07) is 11.3. The third kappa shape index (κ3) is 3.72. The molecule has 0 radical (unpaired) electrons. The summed E-state index contributed by atoms with van der Waals surface area (Å²) < 4.78 is 20.8. The van der Waals surface area contributed by atoms with Gasteiger partial charge in [0.2, 0.25) is 0 Å². The number of ether oxygens (including phenoxy) is 1. The molecule has 0 spiro atoms. The van der Waals surface area contributed by atoms with Crippen molar-refractivity contribution in [3.05, 3.63) is 65.2 Å². The van der Waals surface area contributed by atoms with Gasteiger partial charge in [0, 0.05) is 16.9 Å². The largest absolute Gasteiger partial charge is 0.479 e. The van der Waals surface area contributed by atoms with E-state index in [1.54, 1.807) is 41.9 Å². The summed E-state index contributed by atoms with van der Waals surface area (Å²) in [4.78, 5) is 25.1. The maximum absolute atomic E-state index is 13.4. The zero-order chi connectivity index (χ0) is 22.2. The third-order valence-corrected chi connectivity index (χ3v) is 5.88. The van der Waals surface area contributed by atoms with Crippen LogP contribution in [0.5, 0.6) is 5.75 Å². The minimum absolute atomic E-state index is 0.232. The fraction of sp³-hybridized carbons (Fsp3) is 0.292. The number of amides is 2. The van der Waals surface area contributed by atoms with E-state index in [-0.39, 0.29) is 17.6 Å². The highest BCUT2D eigenvalue weighted by Gasteiger charge is 2.26. The quantitative estimate of drug-likeness (QED) is 0.604. The Morgan fingerprint density at radius 2 is 1.94 bits per heavy atom. The smallest absolute Gasteiger partial charge is 0.276 e. The third-order valence-electron chi connectivity index (χ3n) is 5.88. The van der Waals surface area contributed by atoms with Gasteiger partial charge in [-0.25, -0.2) is 9.07 Å². The Labute approximate surface area is 184 Å². The molecule has 0 saturated carbocycles. The van der Waals surface area contributed by atoms with E-state index in [1.165, 1.54) is 12.1 Å². The van der Waals surface area contributed by atoms with Crippen LogP contribution in [0.15, 0.2) is 42.5 Å². The van der Waals surface area contributed by atoms with Gasteiger partial charge < -0.3 is 15.4 Å². The molecule has 0 unspecified atom stereocenters. The van der Waals surface area contributed by atoms with Crippen LogP contribution in [0.1, 0.15) is 47.9 Å². The second-order valence-electron chi connectivity index (χ2n) is 8.14. The van der Waals surface area contributed by atoms with Gasteiger partial charge in [-0.3, -0.25) is 9.59 Å². The number of carbonyl (C=O) groups is 2. The van der Waals surface area contributed by atoms with Crippen LogP contribution < -0.4 is 15.4 Å². The Morgan fingerprint density at radius 3 is 2.75 bits per heavy atom. The number of hydrogen-bond acceptors (Lipinski definition) is 4. The van der Waals surface area contributed by atoms with Gasteiger partial charge in [0.15, 0.2) is 11.8 Å². The zero-order valence-electron chi connectivity index (χ0n) is 17.7. The van der Waals surface area contributed by atoms with E-state index in [2.05, 4.69) is 15.7 Å². The molecule has 0 saturated heterocycles. The van der Waals surface area contributed by atoms with Crippen LogP contribution in [-0.2, 0) is 17.6 Å². The minimum atomic E-state index is -0.561. The summed E-state index contributed by atoms with van der Waals surface area (Å²) in [6.45, 7) is 1.68. The maximum Gasteiger partial charge on any atom is 0.276 e. The first-order valence-corrected chi connectivity index (χ1v) is 10.8. The van der Waals surface area contributed by atoms with Crippen LogP contribution in [-0.4, -0.2) is 27.7 Å². The van der Waals surface area contributed by atoms with E-state index >= 15 is 0 Å². The first kappa shape index (κ1) is 20.2. The Balaban J connectivity index is 1.47. The lowest BCUT2D eigenvalue weighted by atomic mass is 10.1. The molecule has 8 heteroatoms. The summed E-state index contributed by atoms with van der Waals surface area (Å²) >= 11 is 0. The van der Waals surface area contributed by atoms with Crippen LogP contribution in [0.3, 0.4) is 0 Å². The second-order valence-corrected chi connectivity index (χ2v) is 8.14. The SMILES string of the molecule is C[C@H]1Oc2ccc(NC(=O)c3nn(-c4ccc(F)cc4)c4c3CCCCC4)cc2NC1=O. The molecule has 3 aromatic rings. The number of halogens is 1. The van der Waals surface area contributed by atoms with Crippen molar-refractivity contribution in [1.29, 1.82) is 0 Å². The van der Waals surface area contributed by atoms with Crippen molar-refractivity contribution in [1.82, 2.24) is 9.78 Å². The highest BCUT2D eigenvalue weighted by molar-refractivity contribution is 6.05. The van der Waals surface area contributed by atoms with Crippen molar-refractivity contribution in [3.63, 3.8) is 0 Å². The van der Waals surface area contributed by atoms with E-state index in [0.29, 0.717) is 22.8 Å². The summed E-state index contributed by atoms with van der Waals surface area (Å²) in [6.07, 6.45) is 4.11. The first-order valence-electron chi connectivity index (χ1n) is 10.8. The second kappa shape index (κ2) is 8.11. The summed E-state index contributed by atoms with van der Waals surface area (Å²) in [5.74, 6) is -0.308. The molecule has 2 amide bonds. The molecular weight excluding hydrogens is 411 g/mol. The molecular formula is C24H23FN4O3. The van der Waals surface area contributed by atoms with Gasteiger partial charge in [-0.05, 0) is 75.1 Å². The predicted octanol–water partition coefficient (Wildman–Crippen LogP) is 4.25. The van der Waals surface area contributed by atoms with Crippen LogP contribution >= 0.6 is 0 Å². The van der Waals surface area contributed by atoms with Gasteiger partial charge in [0.25, 0.3) is 11.8 Å². The lowest BCUT2D eigenvalue weighted by molar-refractivity contribution is -0.122. The van der Waals surface area contributed by atoms with E-state index in [1.807, 2.05) is 0 Å². The average Bonchev–Trinajstić information content (AvgIpc) is 2.96. The Morgan fingerprint density at radius 1 is 1.16 bits per heavy atom. The van der Waals surface area contributed by atoms with Gasteiger partial charge >= 0.3 is 0 Å². The van der Waals surface area contributed by atoms with E-state index < -0.39 is 6.10 Å². The first-order chi connectivity index (χ1) is 15.5. The van der Waals surface area contributed by atoms with Crippen molar-refractivity contribution in [2.75, 3.05) is 10.6 Å². The van der Waals surface area contributed by atoms with Crippen molar-refractivity contribution in [2.24, 2.45) is 0 Å². The average molecular weight is 434 g/mol. The molecule has 164 valence electrons. The van der Waals surface area contributed by atoms with E-state index in [0.717, 1.165) is 49.0 Å². The number of rotatable bonds is 3. The lowest BCUT2D eigenvalue weighted by Gasteiger charge is -2.23. The standard InChI is InChI=1S/C24H23FN4O3/c1-14-23(30)27-19-13-16(9-12-21(19)32-14)26-24(31)22-18-5-3-2-4-6-20(18)29(28-22)17-10-7-15(25)8-11-17/h7-14H,2-6H2,1H3,(H,26,31)(H,27,30)/t14-/m1/s1. The molecule has 0 fully saturated rings. The van der Waals surface area contributed by atoms with Gasteiger partial charge in [-0.2, -0.15) is 5.10 Å². The van der Waals surface area contributed by atoms with Gasteiger partial charge in [-0.15, -0.1) is 0 Å². The monoisotopic (exact) mass is 434 g/mol. The molecule has 2 aromatic carbocycles. The number of nitrogens with one attached hydrogen (secondary N) is 2. The van der Waals surface area contributed by atoms with Crippen molar-refractivity contribution < 1.29 is 18.7 Å². The number of fused-ring (bicyclic) bond motifs is 2. The van der Waals surface area contributed by atoms with Crippen LogP contribution in [0.2, 0.25) is 0 Å². The molecule has 2 heterocycles.